The summed E-state index contributed by atoms with van der Waals surface area (Å²) in [6.45, 7) is 6.37. The molecule has 0 atom stereocenters. The van der Waals surface area contributed by atoms with Crippen LogP contribution in [0.1, 0.15) is 39.5 Å². The van der Waals surface area contributed by atoms with E-state index in [2.05, 4.69) is 25.8 Å². The van der Waals surface area contributed by atoms with Gasteiger partial charge in [0.1, 0.15) is 0 Å². The van der Waals surface area contributed by atoms with Gasteiger partial charge >= 0.3 is 0 Å². The second-order valence-electron chi connectivity index (χ2n) is 4.95. The van der Waals surface area contributed by atoms with Crippen molar-refractivity contribution in [1.82, 2.24) is 9.80 Å². The molecule has 0 aromatic rings. The van der Waals surface area contributed by atoms with E-state index >= 15 is 0 Å². The molecule has 1 heterocycles. The van der Waals surface area contributed by atoms with Crippen LogP contribution in [0.5, 0.6) is 0 Å². The van der Waals surface area contributed by atoms with Gasteiger partial charge in [-0.05, 0) is 32.7 Å². The summed E-state index contributed by atoms with van der Waals surface area (Å²) in [6, 6.07) is 1.30. The highest BCUT2D eigenvalue weighted by molar-refractivity contribution is 5.78. The van der Waals surface area contributed by atoms with Crippen molar-refractivity contribution in [2.45, 2.75) is 51.6 Å². The first-order valence-corrected chi connectivity index (χ1v) is 6.83. The first-order chi connectivity index (χ1) is 8.13. The quantitative estimate of drug-likeness (QED) is 0.783. The third kappa shape index (κ3) is 3.68. The summed E-state index contributed by atoms with van der Waals surface area (Å²) >= 11 is 0. The lowest BCUT2D eigenvalue weighted by molar-refractivity contribution is -0.131. The summed E-state index contributed by atoms with van der Waals surface area (Å²) in [4.78, 5) is 15.9. The van der Waals surface area contributed by atoms with Crippen LogP contribution >= 0.6 is 0 Å². The number of hydrogen-bond donors (Lipinski definition) is 1. The molecule has 1 aliphatic heterocycles. The molecule has 0 aromatic carbocycles. The third-order valence-electron chi connectivity index (χ3n) is 4.09. The van der Waals surface area contributed by atoms with Crippen LogP contribution in [0.2, 0.25) is 0 Å². The van der Waals surface area contributed by atoms with Crippen molar-refractivity contribution in [3.8, 4) is 0 Å². The molecule has 0 saturated carbocycles. The molecule has 1 rings (SSSR count). The molecular formula is C13H27N3O. The summed E-state index contributed by atoms with van der Waals surface area (Å²) in [6.07, 6.45) is 4.57. The van der Waals surface area contributed by atoms with Crippen LogP contribution in [0, 0.1) is 0 Å². The van der Waals surface area contributed by atoms with Gasteiger partial charge in [0.25, 0.3) is 0 Å². The number of carbonyl (C=O) groups is 1. The lowest BCUT2D eigenvalue weighted by atomic mass is 10.00. The molecular weight excluding hydrogens is 214 g/mol. The minimum Gasteiger partial charge on any atom is -0.341 e. The number of amides is 1. The minimum atomic E-state index is 0.0913. The zero-order valence-electron chi connectivity index (χ0n) is 11.5. The Morgan fingerprint density at radius 2 is 1.88 bits per heavy atom. The van der Waals surface area contributed by atoms with E-state index < -0.39 is 0 Å². The summed E-state index contributed by atoms with van der Waals surface area (Å²) < 4.78 is 0. The maximum absolute atomic E-state index is 11.5. The minimum absolute atomic E-state index is 0.0913. The molecule has 2 N–H and O–H groups in total. The van der Waals surface area contributed by atoms with E-state index in [-0.39, 0.29) is 12.5 Å². The van der Waals surface area contributed by atoms with Gasteiger partial charge in [0.05, 0.1) is 6.54 Å². The van der Waals surface area contributed by atoms with Gasteiger partial charge in [0.2, 0.25) is 5.91 Å². The number of likely N-dealkylation sites (tertiary alicyclic amines) is 1. The second-order valence-corrected chi connectivity index (χ2v) is 4.95. The van der Waals surface area contributed by atoms with Gasteiger partial charge < -0.3 is 15.5 Å². The Labute approximate surface area is 105 Å². The standard InChI is InChI=1S/C13H27N3O/c1-4-11(5-2)15(3)12-6-8-16(9-7-12)13(17)10-14/h11-12H,4-10,14H2,1-3H3. The van der Waals surface area contributed by atoms with Crippen LogP contribution in [0.3, 0.4) is 0 Å². The van der Waals surface area contributed by atoms with Crippen LogP contribution in [0.25, 0.3) is 0 Å². The Kier molecular flexibility index (Phi) is 5.92. The highest BCUT2D eigenvalue weighted by atomic mass is 16.2. The van der Waals surface area contributed by atoms with E-state index in [1.54, 1.807) is 0 Å². The molecule has 100 valence electrons. The fraction of sp³-hybridized carbons (Fsp3) is 0.923. The van der Waals surface area contributed by atoms with Crippen LogP contribution in [0.4, 0.5) is 0 Å². The zero-order chi connectivity index (χ0) is 12.8. The Morgan fingerprint density at radius 3 is 2.29 bits per heavy atom. The molecule has 0 radical (unpaired) electrons. The average molecular weight is 241 g/mol. The van der Waals surface area contributed by atoms with Crippen molar-refractivity contribution in [2.75, 3.05) is 26.7 Å². The molecule has 4 nitrogen and oxygen atoms in total. The van der Waals surface area contributed by atoms with Gasteiger partial charge in [-0.3, -0.25) is 4.79 Å². The summed E-state index contributed by atoms with van der Waals surface area (Å²) in [7, 11) is 2.22. The maximum atomic E-state index is 11.5. The van der Waals surface area contributed by atoms with Crippen molar-refractivity contribution in [3.05, 3.63) is 0 Å². The lowest BCUT2D eigenvalue weighted by Gasteiger charge is -2.40. The first-order valence-electron chi connectivity index (χ1n) is 6.83. The molecule has 0 aliphatic carbocycles. The van der Waals surface area contributed by atoms with Crippen molar-refractivity contribution in [2.24, 2.45) is 5.73 Å². The number of carbonyl (C=O) groups excluding carboxylic acids is 1. The van der Waals surface area contributed by atoms with Crippen LogP contribution < -0.4 is 5.73 Å². The van der Waals surface area contributed by atoms with Gasteiger partial charge in [-0.2, -0.15) is 0 Å². The van der Waals surface area contributed by atoms with Crippen LogP contribution in [-0.2, 0) is 4.79 Å². The highest BCUT2D eigenvalue weighted by Crippen LogP contribution is 2.19. The molecule has 4 heteroatoms. The fourth-order valence-electron chi connectivity index (χ4n) is 2.81. The van der Waals surface area contributed by atoms with E-state index in [0.29, 0.717) is 12.1 Å². The van der Waals surface area contributed by atoms with Gasteiger partial charge in [0, 0.05) is 25.2 Å². The Balaban J connectivity index is 2.43. The van der Waals surface area contributed by atoms with Gasteiger partial charge in [0.15, 0.2) is 0 Å². The van der Waals surface area contributed by atoms with Crippen molar-refractivity contribution >= 4 is 5.91 Å². The van der Waals surface area contributed by atoms with E-state index in [9.17, 15) is 4.79 Å². The number of nitrogens with zero attached hydrogens (tertiary/aromatic N) is 2. The summed E-state index contributed by atoms with van der Waals surface area (Å²) in [5.74, 6) is 0.0913. The Hall–Kier alpha value is -0.610. The summed E-state index contributed by atoms with van der Waals surface area (Å²) in [5, 5.41) is 0. The van der Waals surface area contributed by atoms with Gasteiger partial charge in [-0.15, -0.1) is 0 Å². The number of rotatable bonds is 5. The number of piperidine rings is 1. The Bertz CT molecular complexity index is 233. The van der Waals surface area contributed by atoms with Crippen LogP contribution in [0.15, 0.2) is 0 Å². The lowest BCUT2D eigenvalue weighted by Crippen LogP contribution is -2.49. The number of nitrogens with two attached hydrogens (primary N) is 1. The molecule has 1 aliphatic rings. The first kappa shape index (κ1) is 14.5. The maximum Gasteiger partial charge on any atom is 0.236 e. The topological polar surface area (TPSA) is 49.6 Å². The zero-order valence-corrected chi connectivity index (χ0v) is 11.5. The summed E-state index contributed by atoms with van der Waals surface area (Å²) in [5.41, 5.74) is 5.39. The molecule has 0 spiro atoms. The highest BCUT2D eigenvalue weighted by Gasteiger charge is 2.26. The van der Waals surface area contributed by atoms with E-state index in [1.165, 1.54) is 12.8 Å². The molecule has 0 unspecified atom stereocenters. The molecule has 1 amide bonds. The monoisotopic (exact) mass is 241 g/mol. The molecule has 0 aromatic heterocycles. The predicted molar refractivity (Wildman–Crippen MR) is 70.8 cm³/mol. The smallest absolute Gasteiger partial charge is 0.236 e. The fourth-order valence-corrected chi connectivity index (χ4v) is 2.81. The molecule has 1 fully saturated rings. The molecule has 17 heavy (non-hydrogen) atoms. The van der Waals surface area contributed by atoms with E-state index in [4.69, 9.17) is 5.73 Å². The average Bonchev–Trinajstić information content (AvgIpc) is 2.39. The van der Waals surface area contributed by atoms with Gasteiger partial charge in [-0.1, -0.05) is 13.8 Å². The van der Waals surface area contributed by atoms with Crippen molar-refractivity contribution in [3.63, 3.8) is 0 Å². The predicted octanol–water partition coefficient (Wildman–Crippen LogP) is 1.06. The largest absolute Gasteiger partial charge is 0.341 e. The van der Waals surface area contributed by atoms with Gasteiger partial charge in [-0.25, -0.2) is 0 Å². The van der Waals surface area contributed by atoms with Crippen LogP contribution in [-0.4, -0.2) is 54.5 Å². The second kappa shape index (κ2) is 6.97. The molecule has 0 bridgehead atoms. The Morgan fingerprint density at radius 1 is 1.35 bits per heavy atom. The van der Waals surface area contributed by atoms with Crippen molar-refractivity contribution < 1.29 is 4.79 Å². The van der Waals surface area contributed by atoms with E-state index in [1.807, 2.05) is 4.90 Å². The number of hydrogen-bond acceptors (Lipinski definition) is 3. The normalized spacial score (nSPS) is 18.1. The third-order valence-corrected chi connectivity index (χ3v) is 4.09. The van der Waals surface area contributed by atoms with Crippen molar-refractivity contribution in [1.29, 1.82) is 0 Å². The molecule has 1 saturated heterocycles. The SMILES string of the molecule is CCC(CC)N(C)C1CCN(C(=O)CN)CC1. The van der Waals surface area contributed by atoms with E-state index in [0.717, 1.165) is 25.9 Å².